The summed E-state index contributed by atoms with van der Waals surface area (Å²) in [4.78, 5) is 0. The molecule has 3 fully saturated rings. The van der Waals surface area contributed by atoms with Crippen LogP contribution in [0.2, 0.25) is 0 Å². The number of rotatable bonds is 4. The van der Waals surface area contributed by atoms with Crippen molar-refractivity contribution in [2.75, 3.05) is 0 Å². The first kappa shape index (κ1) is 17.7. The zero-order chi connectivity index (χ0) is 16.2. The molecule has 0 saturated heterocycles. The third-order valence-corrected chi connectivity index (χ3v) is 7.78. The largest absolute Gasteiger partial charge is 0.247 e. The fourth-order valence-electron chi connectivity index (χ4n) is 6.20. The van der Waals surface area contributed by atoms with Crippen LogP contribution in [0.15, 0.2) is 0 Å². The van der Waals surface area contributed by atoms with Gasteiger partial charge in [0, 0.05) is 0 Å². The molecule has 0 aromatic rings. The molecule has 3 saturated carbocycles. The summed E-state index contributed by atoms with van der Waals surface area (Å²) >= 11 is 0. The lowest BCUT2D eigenvalue weighted by Gasteiger charge is -2.42. The second-order valence-electron chi connectivity index (χ2n) is 9.34. The number of alkyl halides is 1. The molecule has 0 bridgehead atoms. The molecular weight excluding hydrogens is 283 g/mol. The minimum Gasteiger partial charge on any atom is -0.247 e. The van der Waals surface area contributed by atoms with Gasteiger partial charge in [-0.15, -0.1) is 0 Å². The molecule has 0 N–H and O–H groups in total. The number of hydrogen-bond acceptors (Lipinski definition) is 0. The van der Waals surface area contributed by atoms with Gasteiger partial charge in [-0.2, -0.15) is 0 Å². The maximum Gasteiger partial charge on any atom is 0.103 e. The molecule has 1 heteroatoms. The predicted octanol–water partition coefficient (Wildman–Crippen LogP) is 7.17. The predicted molar refractivity (Wildman–Crippen MR) is 97.2 cm³/mol. The van der Waals surface area contributed by atoms with E-state index < -0.39 is 6.17 Å². The summed E-state index contributed by atoms with van der Waals surface area (Å²) in [5, 5.41) is 0. The van der Waals surface area contributed by atoms with Gasteiger partial charge in [0.2, 0.25) is 0 Å². The summed E-state index contributed by atoms with van der Waals surface area (Å²) in [6, 6.07) is 0. The van der Waals surface area contributed by atoms with Crippen molar-refractivity contribution in [2.45, 2.75) is 103 Å². The highest BCUT2D eigenvalue weighted by molar-refractivity contribution is 4.89. The molecule has 0 aromatic heterocycles. The van der Waals surface area contributed by atoms with Crippen LogP contribution in [-0.4, -0.2) is 6.17 Å². The maximum absolute atomic E-state index is 14.9. The van der Waals surface area contributed by atoms with E-state index in [1.54, 1.807) is 0 Å². The van der Waals surface area contributed by atoms with Crippen LogP contribution in [0.4, 0.5) is 4.39 Å². The lowest BCUT2D eigenvalue weighted by Crippen LogP contribution is -2.36. The zero-order valence-electron chi connectivity index (χ0n) is 15.6. The Balaban J connectivity index is 1.45. The molecule has 3 atom stereocenters. The average Bonchev–Trinajstić information content (AvgIpc) is 2.57. The van der Waals surface area contributed by atoms with Crippen molar-refractivity contribution in [2.24, 2.45) is 35.5 Å². The van der Waals surface area contributed by atoms with Crippen molar-refractivity contribution < 1.29 is 4.39 Å². The van der Waals surface area contributed by atoms with Crippen molar-refractivity contribution in [3.63, 3.8) is 0 Å². The molecule has 0 aromatic carbocycles. The fraction of sp³-hybridized carbons (Fsp3) is 1.00. The molecule has 0 spiro atoms. The monoisotopic (exact) mass is 322 g/mol. The van der Waals surface area contributed by atoms with Gasteiger partial charge in [0.1, 0.15) is 6.17 Å². The van der Waals surface area contributed by atoms with Gasteiger partial charge in [-0.05, 0) is 80.5 Å². The van der Waals surface area contributed by atoms with E-state index in [1.807, 2.05) is 0 Å². The Kier molecular flexibility index (Phi) is 6.44. The highest BCUT2D eigenvalue weighted by Crippen LogP contribution is 2.47. The Morgan fingerprint density at radius 1 is 0.739 bits per heavy atom. The number of halogens is 1. The van der Waals surface area contributed by atoms with E-state index in [4.69, 9.17) is 0 Å². The van der Waals surface area contributed by atoms with Crippen molar-refractivity contribution in [1.82, 2.24) is 0 Å². The molecule has 3 unspecified atom stereocenters. The van der Waals surface area contributed by atoms with E-state index >= 15 is 0 Å². The van der Waals surface area contributed by atoms with Crippen molar-refractivity contribution in [3.05, 3.63) is 0 Å². The van der Waals surface area contributed by atoms with Gasteiger partial charge < -0.3 is 0 Å². The summed E-state index contributed by atoms with van der Waals surface area (Å²) in [5.74, 6) is 4.56. The van der Waals surface area contributed by atoms with Crippen LogP contribution in [0.3, 0.4) is 0 Å². The first-order valence-electron chi connectivity index (χ1n) is 10.8. The molecule has 3 rings (SSSR count). The second kappa shape index (κ2) is 8.34. The quantitative estimate of drug-likeness (QED) is 0.514. The minimum absolute atomic E-state index is 0.412. The molecule has 0 aliphatic heterocycles. The van der Waals surface area contributed by atoms with Gasteiger partial charge in [0.15, 0.2) is 0 Å². The SMILES string of the molecule is CCCC1CCC(C2CCC(C3CCC(C)CC3)C(F)C2)CC1. The standard InChI is InChI=1S/C22H39F/c1-3-4-17-7-11-18(12-8-17)20-13-14-21(22(23)15-20)19-9-5-16(2)6-10-19/h16-22H,3-15H2,1-2H3. The Bertz CT molecular complexity index is 336. The van der Waals surface area contributed by atoms with E-state index in [0.29, 0.717) is 17.8 Å². The summed E-state index contributed by atoms with van der Waals surface area (Å²) in [6.45, 7) is 4.68. The fourth-order valence-corrected chi connectivity index (χ4v) is 6.20. The molecule has 0 nitrogen and oxygen atoms in total. The Morgan fingerprint density at radius 2 is 1.35 bits per heavy atom. The van der Waals surface area contributed by atoms with Crippen molar-refractivity contribution >= 4 is 0 Å². The van der Waals surface area contributed by atoms with E-state index in [1.165, 1.54) is 77.0 Å². The number of hydrogen-bond donors (Lipinski definition) is 0. The van der Waals surface area contributed by atoms with Crippen LogP contribution in [0.5, 0.6) is 0 Å². The smallest absolute Gasteiger partial charge is 0.103 e. The van der Waals surface area contributed by atoms with Crippen LogP contribution in [-0.2, 0) is 0 Å². The molecule has 0 radical (unpaired) electrons. The topological polar surface area (TPSA) is 0 Å². The van der Waals surface area contributed by atoms with Gasteiger partial charge in [0.05, 0.1) is 0 Å². The van der Waals surface area contributed by atoms with E-state index in [9.17, 15) is 4.39 Å². The first-order chi connectivity index (χ1) is 11.2. The van der Waals surface area contributed by atoms with Crippen LogP contribution < -0.4 is 0 Å². The summed E-state index contributed by atoms with van der Waals surface area (Å²) in [6.07, 6.45) is 16.7. The van der Waals surface area contributed by atoms with Crippen LogP contribution in [0.1, 0.15) is 97.3 Å². The molecule has 3 aliphatic rings. The van der Waals surface area contributed by atoms with Gasteiger partial charge in [-0.3, -0.25) is 0 Å². The molecule has 23 heavy (non-hydrogen) atoms. The van der Waals surface area contributed by atoms with Crippen LogP contribution >= 0.6 is 0 Å². The Hall–Kier alpha value is -0.0700. The highest BCUT2D eigenvalue weighted by Gasteiger charge is 2.39. The molecule has 3 aliphatic carbocycles. The van der Waals surface area contributed by atoms with Crippen molar-refractivity contribution in [3.8, 4) is 0 Å². The Morgan fingerprint density at radius 3 is 1.96 bits per heavy atom. The molecule has 0 amide bonds. The van der Waals surface area contributed by atoms with Crippen molar-refractivity contribution in [1.29, 1.82) is 0 Å². The highest BCUT2D eigenvalue weighted by atomic mass is 19.1. The van der Waals surface area contributed by atoms with Gasteiger partial charge in [-0.1, -0.05) is 52.4 Å². The molecular formula is C22H39F. The second-order valence-corrected chi connectivity index (χ2v) is 9.34. The van der Waals surface area contributed by atoms with E-state index in [0.717, 1.165) is 24.2 Å². The summed E-state index contributed by atoms with van der Waals surface area (Å²) in [5.41, 5.74) is 0. The van der Waals surface area contributed by atoms with E-state index in [-0.39, 0.29) is 0 Å². The zero-order valence-corrected chi connectivity index (χ0v) is 15.6. The normalized spacial score (nSPS) is 45.8. The van der Waals surface area contributed by atoms with Crippen LogP contribution in [0.25, 0.3) is 0 Å². The molecule has 0 heterocycles. The van der Waals surface area contributed by atoms with Crippen LogP contribution in [0, 0.1) is 35.5 Å². The van der Waals surface area contributed by atoms with Gasteiger partial charge in [-0.25, -0.2) is 4.39 Å². The van der Waals surface area contributed by atoms with Gasteiger partial charge in [0.25, 0.3) is 0 Å². The van der Waals surface area contributed by atoms with Gasteiger partial charge >= 0.3 is 0 Å². The summed E-state index contributed by atoms with van der Waals surface area (Å²) in [7, 11) is 0. The lowest BCUT2D eigenvalue weighted by atomic mass is 9.64. The third kappa shape index (κ3) is 4.51. The third-order valence-electron chi connectivity index (χ3n) is 7.78. The maximum atomic E-state index is 14.9. The lowest BCUT2D eigenvalue weighted by molar-refractivity contribution is 0.0340. The summed E-state index contributed by atoms with van der Waals surface area (Å²) < 4.78 is 14.9. The average molecular weight is 323 g/mol. The minimum atomic E-state index is -0.486. The first-order valence-corrected chi connectivity index (χ1v) is 10.8. The van der Waals surface area contributed by atoms with E-state index in [2.05, 4.69) is 13.8 Å². The molecule has 134 valence electrons. The Labute approximate surface area is 144 Å².